The maximum Gasteiger partial charge on any atom is 0.274 e. The minimum atomic E-state index is -4.22. The number of hydrogen-bond donors (Lipinski definition) is 1. The second kappa shape index (κ2) is 8.01. The second-order valence-corrected chi connectivity index (χ2v) is 10.3. The molecule has 0 bridgehead atoms. The summed E-state index contributed by atoms with van der Waals surface area (Å²) in [7, 11) is -4.22. The molecular weight excluding hydrogens is 320 g/mol. The Morgan fingerprint density at radius 1 is 0.958 bits per heavy atom. The van der Waals surface area contributed by atoms with Gasteiger partial charge in [-0.3, -0.25) is 4.55 Å². The van der Waals surface area contributed by atoms with E-state index in [1.807, 2.05) is 26.0 Å². The van der Waals surface area contributed by atoms with E-state index in [0.29, 0.717) is 18.3 Å². The highest BCUT2D eigenvalue weighted by Gasteiger charge is 2.42. The van der Waals surface area contributed by atoms with Gasteiger partial charge in [0.25, 0.3) is 10.1 Å². The zero-order valence-electron chi connectivity index (χ0n) is 16.3. The van der Waals surface area contributed by atoms with Crippen LogP contribution in [0.3, 0.4) is 0 Å². The zero-order valence-corrected chi connectivity index (χ0v) is 17.1. The first-order chi connectivity index (χ1) is 10.9. The lowest BCUT2D eigenvalue weighted by Crippen LogP contribution is -2.35. The third kappa shape index (κ3) is 5.06. The Morgan fingerprint density at radius 2 is 1.50 bits per heavy atom. The molecule has 1 aromatic carbocycles. The van der Waals surface area contributed by atoms with E-state index in [1.54, 1.807) is 6.92 Å². The van der Waals surface area contributed by atoms with Crippen molar-refractivity contribution < 1.29 is 13.0 Å². The fraction of sp³-hybridized carbons (Fsp3) is 0.700. The van der Waals surface area contributed by atoms with Crippen LogP contribution in [-0.2, 0) is 27.7 Å². The Balaban J connectivity index is 3.64. The normalized spacial score (nSPS) is 15.3. The van der Waals surface area contributed by atoms with Crippen molar-refractivity contribution in [1.82, 2.24) is 0 Å². The lowest BCUT2D eigenvalue weighted by Gasteiger charge is -2.32. The van der Waals surface area contributed by atoms with Gasteiger partial charge in [0.15, 0.2) is 0 Å². The van der Waals surface area contributed by atoms with Crippen LogP contribution in [0.25, 0.3) is 0 Å². The molecule has 4 heteroatoms. The van der Waals surface area contributed by atoms with Gasteiger partial charge in [0.2, 0.25) is 0 Å². The predicted molar refractivity (Wildman–Crippen MR) is 102 cm³/mol. The fourth-order valence-electron chi connectivity index (χ4n) is 3.54. The van der Waals surface area contributed by atoms with Crippen molar-refractivity contribution in [3.63, 3.8) is 0 Å². The van der Waals surface area contributed by atoms with Gasteiger partial charge in [-0.15, -0.1) is 0 Å². The van der Waals surface area contributed by atoms with Gasteiger partial charge in [-0.2, -0.15) is 8.42 Å². The van der Waals surface area contributed by atoms with Crippen molar-refractivity contribution in [2.75, 3.05) is 0 Å². The minimum Gasteiger partial charge on any atom is -0.285 e. The highest BCUT2D eigenvalue weighted by atomic mass is 32.2. The molecule has 0 aliphatic rings. The molecule has 0 aliphatic carbocycles. The summed E-state index contributed by atoms with van der Waals surface area (Å²) in [6.07, 6.45) is 2.14. The molecule has 0 fully saturated rings. The van der Waals surface area contributed by atoms with E-state index in [4.69, 9.17) is 0 Å². The molecule has 0 radical (unpaired) electrons. The molecule has 0 amide bonds. The Hall–Kier alpha value is -0.870. The molecular formula is C20H34O3S. The SMILES string of the molecule is CC(C)Cc1cccc(C(C)(CC(C)C)S(=O)(=O)O)c1CC(C)C. The van der Waals surface area contributed by atoms with Crippen molar-refractivity contribution in [3.8, 4) is 0 Å². The largest absolute Gasteiger partial charge is 0.285 e. The summed E-state index contributed by atoms with van der Waals surface area (Å²) in [6, 6.07) is 5.92. The highest BCUT2D eigenvalue weighted by Crippen LogP contribution is 2.39. The quantitative estimate of drug-likeness (QED) is 0.650. The molecule has 138 valence electrons. The molecule has 1 atom stereocenters. The van der Waals surface area contributed by atoms with Crippen LogP contribution in [0, 0.1) is 17.8 Å². The molecule has 0 aliphatic heterocycles. The summed E-state index contributed by atoms with van der Waals surface area (Å²) in [4.78, 5) is 0. The van der Waals surface area contributed by atoms with Gasteiger partial charge in [0, 0.05) is 0 Å². The summed E-state index contributed by atoms with van der Waals surface area (Å²) >= 11 is 0. The van der Waals surface area contributed by atoms with Crippen LogP contribution in [0.4, 0.5) is 0 Å². The monoisotopic (exact) mass is 354 g/mol. The summed E-state index contributed by atoms with van der Waals surface area (Å²) in [5.74, 6) is 1.08. The van der Waals surface area contributed by atoms with E-state index in [-0.39, 0.29) is 5.92 Å². The van der Waals surface area contributed by atoms with Gasteiger partial charge in [-0.05, 0) is 60.6 Å². The zero-order chi connectivity index (χ0) is 18.7. The van der Waals surface area contributed by atoms with Gasteiger partial charge in [0.1, 0.15) is 4.75 Å². The standard InChI is InChI=1S/C20H34O3S/c1-14(2)11-17-9-8-10-19(18(17)12-15(3)4)20(7,13-16(5)6)24(21,22)23/h8-10,14-16H,11-13H2,1-7H3,(H,21,22,23). The minimum absolute atomic E-state index is 0.164. The molecule has 0 aromatic heterocycles. The maximum atomic E-state index is 12.3. The second-order valence-electron chi connectivity index (χ2n) is 8.44. The lowest BCUT2D eigenvalue weighted by atomic mass is 9.82. The summed E-state index contributed by atoms with van der Waals surface area (Å²) in [5.41, 5.74) is 3.07. The van der Waals surface area contributed by atoms with Crippen LogP contribution in [0.1, 0.15) is 71.6 Å². The summed E-state index contributed by atoms with van der Waals surface area (Å²) in [6.45, 7) is 14.3. The number of rotatable bonds is 8. The van der Waals surface area contributed by atoms with Crippen LogP contribution in [0.5, 0.6) is 0 Å². The summed E-state index contributed by atoms with van der Waals surface area (Å²) < 4.78 is 33.4. The maximum absolute atomic E-state index is 12.3. The van der Waals surface area contributed by atoms with E-state index < -0.39 is 14.9 Å². The van der Waals surface area contributed by atoms with Crippen molar-refractivity contribution in [1.29, 1.82) is 0 Å². The molecule has 24 heavy (non-hydrogen) atoms. The van der Waals surface area contributed by atoms with Crippen molar-refractivity contribution in [2.45, 2.75) is 72.5 Å². The molecule has 0 heterocycles. The molecule has 0 spiro atoms. The van der Waals surface area contributed by atoms with E-state index in [2.05, 4.69) is 33.8 Å². The molecule has 0 saturated heterocycles. The Labute approximate surface area is 148 Å². The van der Waals surface area contributed by atoms with Crippen molar-refractivity contribution >= 4 is 10.1 Å². The fourth-order valence-corrected chi connectivity index (χ4v) is 4.56. The molecule has 3 nitrogen and oxygen atoms in total. The predicted octanol–water partition coefficient (Wildman–Crippen LogP) is 5.23. The lowest BCUT2D eigenvalue weighted by molar-refractivity contribution is 0.392. The first-order valence-corrected chi connectivity index (χ1v) is 10.4. The van der Waals surface area contributed by atoms with Crippen LogP contribution < -0.4 is 0 Å². The molecule has 1 rings (SSSR count). The average molecular weight is 355 g/mol. The van der Waals surface area contributed by atoms with Gasteiger partial charge in [0.05, 0.1) is 0 Å². The topological polar surface area (TPSA) is 54.4 Å². The van der Waals surface area contributed by atoms with Gasteiger partial charge >= 0.3 is 0 Å². The van der Waals surface area contributed by atoms with Crippen molar-refractivity contribution in [2.24, 2.45) is 17.8 Å². The smallest absolute Gasteiger partial charge is 0.274 e. The molecule has 1 unspecified atom stereocenters. The van der Waals surface area contributed by atoms with E-state index >= 15 is 0 Å². The highest BCUT2D eigenvalue weighted by molar-refractivity contribution is 7.86. The van der Waals surface area contributed by atoms with Gasteiger partial charge < -0.3 is 0 Å². The number of hydrogen-bond acceptors (Lipinski definition) is 2. The third-order valence-corrected chi connectivity index (χ3v) is 5.98. The Bertz CT molecular complexity index is 645. The third-order valence-electron chi connectivity index (χ3n) is 4.45. The van der Waals surface area contributed by atoms with E-state index in [0.717, 1.165) is 24.0 Å². The average Bonchev–Trinajstić information content (AvgIpc) is 2.37. The van der Waals surface area contributed by atoms with Crippen LogP contribution >= 0.6 is 0 Å². The van der Waals surface area contributed by atoms with Crippen LogP contribution in [0.2, 0.25) is 0 Å². The van der Waals surface area contributed by atoms with Gasteiger partial charge in [-0.25, -0.2) is 0 Å². The van der Waals surface area contributed by atoms with Crippen LogP contribution in [-0.4, -0.2) is 13.0 Å². The van der Waals surface area contributed by atoms with E-state index in [1.165, 1.54) is 5.56 Å². The van der Waals surface area contributed by atoms with E-state index in [9.17, 15) is 13.0 Å². The summed E-state index contributed by atoms with van der Waals surface area (Å²) in [5, 5.41) is 0. The first kappa shape index (κ1) is 21.2. The molecule has 0 saturated carbocycles. The molecule has 1 aromatic rings. The number of benzene rings is 1. The molecule has 1 N–H and O–H groups in total. The Morgan fingerprint density at radius 3 is 1.92 bits per heavy atom. The first-order valence-electron chi connectivity index (χ1n) is 8.96. The Kier molecular flexibility index (Phi) is 7.06. The van der Waals surface area contributed by atoms with Crippen molar-refractivity contribution in [3.05, 3.63) is 34.9 Å². The van der Waals surface area contributed by atoms with Crippen LogP contribution in [0.15, 0.2) is 18.2 Å². The van der Waals surface area contributed by atoms with Gasteiger partial charge in [-0.1, -0.05) is 59.7 Å².